The van der Waals surface area contributed by atoms with E-state index in [-0.39, 0.29) is 73.1 Å². The molecule has 0 aromatic carbocycles. The number of hydrogen-bond donors (Lipinski definition) is 5. The van der Waals surface area contributed by atoms with Gasteiger partial charge in [0.25, 0.3) is 0 Å². The van der Waals surface area contributed by atoms with E-state index in [0.717, 1.165) is 19.6 Å². The zero-order valence-electron chi connectivity index (χ0n) is 26.5. The van der Waals surface area contributed by atoms with Crippen LogP contribution >= 0.6 is 63.1 Å². The molecule has 0 spiro atoms. The monoisotopic (exact) mass is 706 g/mol. The van der Waals surface area contributed by atoms with Crippen LogP contribution in [-0.2, 0) is 42.9 Å². The Bertz CT molecular complexity index is 668. The minimum absolute atomic E-state index is 0.0457. The van der Waals surface area contributed by atoms with Gasteiger partial charge in [-0.05, 0) is 12.8 Å². The SMILES string of the molecule is CC(S)CC(=O)OCC(COC(=O)CC(C)S)(COC(=O)CC(C)S)COC(=O)CC(C)S.CCCCOCCC(C)S. The summed E-state index contributed by atoms with van der Waals surface area (Å²) in [6.07, 6.45) is 3.65. The molecule has 0 aliphatic heterocycles. The molecule has 0 aromatic heterocycles. The number of thiol groups is 5. The number of carbonyl (C=O) groups excluding carboxylic acids is 4. The standard InChI is InChI=1S/C21H36O8S4.C8H18OS/c1-13(30)5-17(22)26-9-21(10-27-18(23)6-14(2)31,11-28-19(24)7-15(3)32)12-29-20(25)8-16(4)33;1-3-4-6-9-7-5-8(2)10/h13-16,30-33H,5-12H2,1-4H3;8,10H,3-7H2,1-2H3. The summed E-state index contributed by atoms with van der Waals surface area (Å²) in [7, 11) is 0. The smallest absolute Gasteiger partial charge is 0.306 e. The van der Waals surface area contributed by atoms with Crippen molar-refractivity contribution in [3.8, 4) is 0 Å². The summed E-state index contributed by atoms with van der Waals surface area (Å²) in [6.45, 7) is 11.8. The van der Waals surface area contributed by atoms with Crippen molar-refractivity contribution in [1.82, 2.24) is 0 Å². The van der Waals surface area contributed by atoms with Crippen LogP contribution in [0.2, 0.25) is 0 Å². The Morgan fingerprint density at radius 3 is 1.07 bits per heavy atom. The Labute approximate surface area is 286 Å². The molecular formula is C29H54O9S5. The number of rotatable bonds is 22. The Morgan fingerprint density at radius 2 is 0.837 bits per heavy atom. The fourth-order valence-electron chi connectivity index (χ4n) is 2.99. The van der Waals surface area contributed by atoms with Crippen LogP contribution in [0.25, 0.3) is 0 Å². The Balaban J connectivity index is 0. The first-order valence-corrected chi connectivity index (χ1v) is 17.2. The Hall–Kier alpha value is -0.410. The summed E-state index contributed by atoms with van der Waals surface area (Å²) < 4.78 is 26.7. The predicted molar refractivity (Wildman–Crippen MR) is 187 cm³/mol. The molecule has 254 valence electrons. The lowest BCUT2D eigenvalue weighted by Gasteiger charge is -2.32. The summed E-state index contributed by atoms with van der Waals surface area (Å²) in [5.41, 5.74) is -1.30. The van der Waals surface area contributed by atoms with Gasteiger partial charge in [-0.2, -0.15) is 63.1 Å². The van der Waals surface area contributed by atoms with Crippen LogP contribution in [0.15, 0.2) is 0 Å². The van der Waals surface area contributed by atoms with E-state index in [1.165, 1.54) is 12.8 Å². The molecule has 0 rings (SSSR count). The zero-order valence-corrected chi connectivity index (χ0v) is 31.0. The quantitative estimate of drug-likeness (QED) is 0.0432. The molecule has 14 heteroatoms. The van der Waals surface area contributed by atoms with E-state index in [0.29, 0.717) is 5.25 Å². The molecule has 0 aliphatic rings. The second kappa shape index (κ2) is 26.8. The lowest BCUT2D eigenvalue weighted by Crippen LogP contribution is -2.44. The van der Waals surface area contributed by atoms with Crippen molar-refractivity contribution in [2.75, 3.05) is 39.6 Å². The molecule has 0 radical (unpaired) electrons. The zero-order chi connectivity index (χ0) is 33.4. The fourth-order valence-corrected chi connectivity index (χ4v) is 3.69. The van der Waals surface area contributed by atoms with Gasteiger partial charge in [-0.15, -0.1) is 0 Å². The lowest BCUT2D eigenvalue weighted by atomic mass is 9.92. The number of ether oxygens (including phenoxy) is 5. The number of hydrogen-bond acceptors (Lipinski definition) is 14. The van der Waals surface area contributed by atoms with E-state index in [2.05, 4.69) is 77.0 Å². The number of unbranched alkanes of at least 4 members (excludes halogenated alkanes) is 1. The summed E-state index contributed by atoms with van der Waals surface area (Å²) in [4.78, 5) is 48.5. The lowest BCUT2D eigenvalue weighted by molar-refractivity contribution is -0.170. The van der Waals surface area contributed by atoms with Crippen LogP contribution in [0, 0.1) is 5.41 Å². The molecule has 0 aromatic rings. The minimum atomic E-state index is -1.30. The normalized spacial score (nSPS) is 15.8. The first-order valence-electron chi connectivity index (χ1n) is 14.6. The maximum atomic E-state index is 12.1. The van der Waals surface area contributed by atoms with Crippen molar-refractivity contribution in [3.05, 3.63) is 0 Å². The van der Waals surface area contributed by atoms with Gasteiger partial charge in [0.1, 0.15) is 31.8 Å². The highest BCUT2D eigenvalue weighted by Crippen LogP contribution is 2.23. The third kappa shape index (κ3) is 30.0. The largest absolute Gasteiger partial charge is 0.465 e. The van der Waals surface area contributed by atoms with Gasteiger partial charge in [0.15, 0.2) is 0 Å². The third-order valence-corrected chi connectivity index (χ3v) is 6.32. The number of esters is 4. The van der Waals surface area contributed by atoms with Gasteiger partial charge in [-0.25, -0.2) is 0 Å². The highest BCUT2D eigenvalue weighted by Gasteiger charge is 2.38. The van der Waals surface area contributed by atoms with Crippen molar-refractivity contribution >= 4 is 87.0 Å². The Morgan fingerprint density at radius 1 is 0.535 bits per heavy atom. The van der Waals surface area contributed by atoms with Crippen LogP contribution in [-0.4, -0.2) is 89.8 Å². The average Bonchev–Trinajstić information content (AvgIpc) is 2.86. The highest BCUT2D eigenvalue weighted by atomic mass is 32.1. The van der Waals surface area contributed by atoms with Crippen molar-refractivity contribution in [2.24, 2.45) is 5.41 Å². The topological polar surface area (TPSA) is 114 Å². The Kier molecular flexibility index (Phi) is 27.8. The van der Waals surface area contributed by atoms with E-state index in [9.17, 15) is 19.2 Å². The van der Waals surface area contributed by atoms with E-state index in [1.807, 2.05) is 0 Å². The van der Waals surface area contributed by atoms with E-state index >= 15 is 0 Å². The van der Waals surface area contributed by atoms with Crippen molar-refractivity contribution in [3.63, 3.8) is 0 Å². The van der Waals surface area contributed by atoms with Gasteiger partial charge >= 0.3 is 23.9 Å². The van der Waals surface area contributed by atoms with Gasteiger partial charge in [-0.3, -0.25) is 19.2 Å². The fraction of sp³-hybridized carbons (Fsp3) is 0.862. The average molecular weight is 707 g/mol. The molecule has 5 atom stereocenters. The summed E-state index contributed by atoms with van der Waals surface area (Å²) >= 11 is 20.9. The van der Waals surface area contributed by atoms with Gasteiger partial charge in [0.2, 0.25) is 0 Å². The molecule has 0 aliphatic carbocycles. The summed E-state index contributed by atoms with van der Waals surface area (Å²) in [6, 6.07) is 0. The molecule has 0 saturated carbocycles. The summed E-state index contributed by atoms with van der Waals surface area (Å²) in [5, 5.41) is -0.448. The molecule has 0 N–H and O–H groups in total. The van der Waals surface area contributed by atoms with E-state index in [1.54, 1.807) is 27.7 Å². The molecule has 0 bridgehead atoms. The molecule has 0 heterocycles. The van der Waals surface area contributed by atoms with Crippen LogP contribution in [0.3, 0.4) is 0 Å². The van der Waals surface area contributed by atoms with Gasteiger partial charge in [0.05, 0.1) is 25.7 Å². The second-order valence-corrected chi connectivity index (χ2v) is 15.4. The van der Waals surface area contributed by atoms with Crippen molar-refractivity contribution in [2.45, 2.75) is 113 Å². The maximum Gasteiger partial charge on any atom is 0.306 e. The van der Waals surface area contributed by atoms with Crippen molar-refractivity contribution in [1.29, 1.82) is 0 Å². The molecule has 43 heavy (non-hydrogen) atoms. The summed E-state index contributed by atoms with van der Waals surface area (Å²) in [5.74, 6) is -2.16. The molecule has 5 unspecified atom stereocenters. The first kappa shape index (κ1) is 44.7. The molecule has 0 fully saturated rings. The van der Waals surface area contributed by atoms with E-state index < -0.39 is 29.3 Å². The first-order chi connectivity index (χ1) is 20.0. The molecule has 9 nitrogen and oxygen atoms in total. The van der Waals surface area contributed by atoms with Crippen LogP contribution in [0.1, 0.15) is 86.5 Å². The van der Waals surface area contributed by atoms with Gasteiger partial charge in [0, 0.05) is 39.5 Å². The molecular weight excluding hydrogens is 653 g/mol. The van der Waals surface area contributed by atoms with Crippen LogP contribution < -0.4 is 0 Å². The predicted octanol–water partition coefficient (Wildman–Crippen LogP) is 5.49. The highest BCUT2D eigenvalue weighted by molar-refractivity contribution is 7.81. The van der Waals surface area contributed by atoms with E-state index in [4.69, 9.17) is 23.7 Å². The second-order valence-electron chi connectivity index (χ2n) is 11.0. The third-order valence-electron chi connectivity index (χ3n) is 5.33. The molecule has 0 amide bonds. The number of carbonyl (C=O) groups is 4. The van der Waals surface area contributed by atoms with Gasteiger partial charge in [-0.1, -0.05) is 48.0 Å². The van der Waals surface area contributed by atoms with Crippen molar-refractivity contribution < 1.29 is 42.9 Å². The maximum absolute atomic E-state index is 12.1. The minimum Gasteiger partial charge on any atom is -0.465 e. The van der Waals surface area contributed by atoms with Crippen LogP contribution in [0.4, 0.5) is 0 Å². The molecule has 0 saturated heterocycles. The van der Waals surface area contributed by atoms with Crippen LogP contribution in [0.5, 0.6) is 0 Å². The van der Waals surface area contributed by atoms with Gasteiger partial charge < -0.3 is 23.7 Å².